The lowest BCUT2D eigenvalue weighted by molar-refractivity contribution is 0.385. The van der Waals surface area contributed by atoms with Crippen LogP contribution < -0.4 is 5.32 Å². The second-order valence-electron chi connectivity index (χ2n) is 4.45. The van der Waals surface area contributed by atoms with Gasteiger partial charge in [0.25, 0.3) is 0 Å². The molecule has 78 valence electrons. The second kappa shape index (κ2) is 3.69. The number of nitrogens with one attached hydrogen (secondary N) is 1. The molecule has 1 aromatic rings. The SMILES string of the molecule is c1ccc(C2=N[C@H]3CCCC[C@@H]3N2)cc1. The maximum absolute atomic E-state index is 4.79. The van der Waals surface area contributed by atoms with Crippen LogP contribution in [0.4, 0.5) is 0 Å². The number of hydrogen-bond acceptors (Lipinski definition) is 2. The maximum Gasteiger partial charge on any atom is 0.128 e. The summed E-state index contributed by atoms with van der Waals surface area (Å²) in [4.78, 5) is 4.79. The molecule has 1 aromatic carbocycles. The van der Waals surface area contributed by atoms with E-state index in [1.807, 2.05) is 6.07 Å². The minimum atomic E-state index is 0.536. The van der Waals surface area contributed by atoms with Crippen LogP contribution in [0.2, 0.25) is 0 Å². The molecule has 15 heavy (non-hydrogen) atoms. The van der Waals surface area contributed by atoms with Gasteiger partial charge in [-0.25, -0.2) is 0 Å². The number of nitrogens with zero attached hydrogens (tertiary/aromatic N) is 1. The molecule has 2 nitrogen and oxygen atoms in total. The van der Waals surface area contributed by atoms with Gasteiger partial charge in [0.05, 0.1) is 6.04 Å². The fraction of sp³-hybridized carbons (Fsp3) is 0.462. The van der Waals surface area contributed by atoms with E-state index in [4.69, 9.17) is 4.99 Å². The molecule has 0 aromatic heterocycles. The minimum absolute atomic E-state index is 0.536. The normalized spacial score (nSPS) is 29.2. The number of aliphatic imine (C=N–C) groups is 1. The van der Waals surface area contributed by atoms with Crippen molar-refractivity contribution in [2.75, 3.05) is 0 Å². The predicted octanol–water partition coefficient (Wildman–Crippen LogP) is 2.35. The Hall–Kier alpha value is -1.31. The van der Waals surface area contributed by atoms with Gasteiger partial charge in [-0.1, -0.05) is 43.2 Å². The highest BCUT2D eigenvalue weighted by Gasteiger charge is 2.30. The van der Waals surface area contributed by atoms with Gasteiger partial charge < -0.3 is 5.32 Å². The first-order valence-electron chi connectivity index (χ1n) is 5.83. The lowest BCUT2D eigenvalue weighted by Gasteiger charge is -2.23. The molecule has 1 aliphatic heterocycles. The van der Waals surface area contributed by atoms with Gasteiger partial charge in [-0.2, -0.15) is 0 Å². The Kier molecular flexibility index (Phi) is 2.20. The molecule has 3 rings (SSSR count). The summed E-state index contributed by atoms with van der Waals surface area (Å²) < 4.78 is 0. The largest absolute Gasteiger partial charge is 0.365 e. The van der Waals surface area contributed by atoms with Crippen molar-refractivity contribution in [3.05, 3.63) is 35.9 Å². The lowest BCUT2D eigenvalue weighted by atomic mass is 9.92. The molecule has 1 heterocycles. The summed E-state index contributed by atoms with van der Waals surface area (Å²) in [6.07, 6.45) is 5.23. The molecule has 2 aliphatic rings. The number of rotatable bonds is 1. The second-order valence-corrected chi connectivity index (χ2v) is 4.45. The summed E-state index contributed by atoms with van der Waals surface area (Å²) in [5, 5.41) is 3.56. The average Bonchev–Trinajstić information content (AvgIpc) is 2.74. The number of fused-ring (bicyclic) bond motifs is 1. The highest BCUT2D eigenvalue weighted by Crippen LogP contribution is 2.25. The Morgan fingerprint density at radius 2 is 1.87 bits per heavy atom. The molecule has 1 N–H and O–H groups in total. The van der Waals surface area contributed by atoms with Crippen molar-refractivity contribution >= 4 is 5.84 Å². The van der Waals surface area contributed by atoms with Crippen LogP contribution in [0.25, 0.3) is 0 Å². The Labute approximate surface area is 90.4 Å². The van der Waals surface area contributed by atoms with Gasteiger partial charge in [0, 0.05) is 11.6 Å². The summed E-state index contributed by atoms with van der Waals surface area (Å²) in [5.41, 5.74) is 1.23. The van der Waals surface area contributed by atoms with Crippen molar-refractivity contribution in [2.45, 2.75) is 37.8 Å². The molecule has 0 spiro atoms. The summed E-state index contributed by atoms with van der Waals surface area (Å²) >= 11 is 0. The Morgan fingerprint density at radius 3 is 2.67 bits per heavy atom. The Bertz CT molecular complexity index is 369. The lowest BCUT2D eigenvalue weighted by Crippen LogP contribution is -2.36. The maximum atomic E-state index is 4.79. The first-order chi connectivity index (χ1) is 7.43. The quantitative estimate of drug-likeness (QED) is 0.739. The van der Waals surface area contributed by atoms with Crippen LogP contribution in [0.3, 0.4) is 0 Å². The van der Waals surface area contributed by atoms with Crippen LogP contribution in [0.15, 0.2) is 35.3 Å². The van der Waals surface area contributed by atoms with Crippen LogP contribution in [-0.4, -0.2) is 17.9 Å². The van der Waals surface area contributed by atoms with Gasteiger partial charge in [0.1, 0.15) is 5.84 Å². The molecule has 2 heteroatoms. The molecule has 0 bridgehead atoms. The van der Waals surface area contributed by atoms with E-state index < -0.39 is 0 Å². The van der Waals surface area contributed by atoms with E-state index in [1.165, 1.54) is 31.2 Å². The minimum Gasteiger partial charge on any atom is -0.365 e. The number of amidine groups is 1. The number of hydrogen-bond donors (Lipinski definition) is 1. The van der Waals surface area contributed by atoms with Gasteiger partial charge >= 0.3 is 0 Å². The zero-order chi connectivity index (χ0) is 10.1. The molecule has 1 fully saturated rings. The zero-order valence-electron chi connectivity index (χ0n) is 8.82. The smallest absolute Gasteiger partial charge is 0.128 e. The van der Waals surface area contributed by atoms with E-state index in [1.54, 1.807) is 0 Å². The van der Waals surface area contributed by atoms with Gasteiger partial charge in [-0.3, -0.25) is 4.99 Å². The molecule has 0 amide bonds. The van der Waals surface area contributed by atoms with Gasteiger partial charge in [0.15, 0.2) is 0 Å². The van der Waals surface area contributed by atoms with Crippen molar-refractivity contribution < 1.29 is 0 Å². The van der Waals surface area contributed by atoms with Crippen LogP contribution in [0, 0.1) is 0 Å². The molecule has 0 unspecified atom stereocenters. The standard InChI is InChI=1S/C13H16N2/c1-2-6-10(7-3-1)13-14-11-8-4-5-9-12(11)15-13/h1-3,6-7,11-12H,4-5,8-9H2,(H,14,15)/t11-,12-/m0/s1. The summed E-state index contributed by atoms with van der Waals surface area (Å²) in [6, 6.07) is 11.6. The van der Waals surface area contributed by atoms with Crippen molar-refractivity contribution in [3.63, 3.8) is 0 Å². The average molecular weight is 200 g/mol. The first kappa shape index (κ1) is 8.96. The molecule has 2 atom stereocenters. The highest BCUT2D eigenvalue weighted by molar-refractivity contribution is 6.00. The summed E-state index contributed by atoms with van der Waals surface area (Å²) in [5.74, 6) is 1.10. The Balaban J connectivity index is 1.84. The van der Waals surface area contributed by atoms with E-state index in [0.717, 1.165) is 5.84 Å². The predicted molar refractivity (Wildman–Crippen MR) is 62.2 cm³/mol. The van der Waals surface area contributed by atoms with Crippen molar-refractivity contribution in [1.29, 1.82) is 0 Å². The van der Waals surface area contributed by atoms with Crippen LogP contribution in [0.1, 0.15) is 31.2 Å². The molecule has 0 radical (unpaired) electrons. The van der Waals surface area contributed by atoms with E-state index in [2.05, 4.69) is 29.6 Å². The fourth-order valence-corrected chi connectivity index (χ4v) is 2.57. The third-order valence-electron chi connectivity index (χ3n) is 3.39. The number of benzene rings is 1. The van der Waals surface area contributed by atoms with Crippen molar-refractivity contribution in [3.8, 4) is 0 Å². The van der Waals surface area contributed by atoms with E-state index >= 15 is 0 Å². The van der Waals surface area contributed by atoms with Gasteiger partial charge in [0.2, 0.25) is 0 Å². The molecule has 0 saturated heterocycles. The monoisotopic (exact) mass is 200 g/mol. The first-order valence-corrected chi connectivity index (χ1v) is 5.83. The van der Waals surface area contributed by atoms with E-state index in [0.29, 0.717) is 12.1 Å². The van der Waals surface area contributed by atoms with Crippen molar-refractivity contribution in [1.82, 2.24) is 5.32 Å². The molecular formula is C13H16N2. The van der Waals surface area contributed by atoms with Gasteiger partial charge in [-0.05, 0) is 12.8 Å². The van der Waals surface area contributed by atoms with Crippen LogP contribution >= 0.6 is 0 Å². The zero-order valence-corrected chi connectivity index (χ0v) is 8.82. The Morgan fingerprint density at radius 1 is 1.07 bits per heavy atom. The topological polar surface area (TPSA) is 24.4 Å². The molecule has 1 aliphatic carbocycles. The highest BCUT2D eigenvalue weighted by atomic mass is 15.1. The third kappa shape index (κ3) is 1.65. The third-order valence-corrected chi connectivity index (χ3v) is 3.39. The summed E-state index contributed by atoms with van der Waals surface area (Å²) in [7, 11) is 0. The fourth-order valence-electron chi connectivity index (χ4n) is 2.57. The van der Waals surface area contributed by atoms with Crippen molar-refractivity contribution in [2.24, 2.45) is 4.99 Å². The van der Waals surface area contributed by atoms with E-state index in [-0.39, 0.29) is 0 Å². The van der Waals surface area contributed by atoms with Crippen LogP contribution in [0.5, 0.6) is 0 Å². The summed E-state index contributed by atoms with van der Waals surface area (Å²) in [6.45, 7) is 0. The van der Waals surface area contributed by atoms with Gasteiger partial charge in [-0.15, -0.1) is 0 Å². The molecular weight excluding hydrogens is 184 g/mol. The van der Waals surface area contributed by atoms with E-state index in [9.17, 15) is 0 Å². The van der Waals surface area contributed by atoms with Crippen LogP contribution in [-0.2, 0) is 0 Å². The molecule has 1 saturated carbocycles.